The Bertz CT molecular complexity index is 443. The van der Waals surface area contributed by atoms with Crippen molar-refractivity contribution >= 4 is 15.5 Å². The lowest BCUT2D eigenvalue weighted by atomic mass is 10.2. The quantitative estimate of drug-likeness (QED) is 0.795. The van der Waals surface area contributed by atoms with Gasteiger partial charge in [-0.15, -0.1) is 0 Å². The average Bonchev–Trinajstić information content (AvgIpc) is 2.09. The molecule has 0 aliphatic rings. The van der Waals surface area contributed by atoms with E-state index in [9.17, 15) is 8.42 Å². The van der Waals surface area contributed by atoms with Crippen LogP contribution < -0.4 is 10.5 Å². The van der Waals surface area contributed by atoms with Gasteiger partial charge in [-0.3, -0.25) is 0 Å². The average molecular weight is 229 g/mol. The van der Waals surface area contributed by atoms with Crippen LogP contribution in [0, 0.1) is 6.92 Å². The van der Waals surface area contributed by atoms with Crippen molar-refractivity contribution in [3.8, 4) is 5.75 Å². The van der Waals surface area contributed by atoms with Gasteiger partial charge in [-0.05, 0) is 31.5 Å². The molecule has 0 radical (unpaired) electrons. The number of sulfone groups is 1. The Labute approximate surface area is 90.0 Å². The predicted octanol–water partition coefficient (Wildman–Crippen LogP) is 1.38. The molecule has 0 fully saturated rings. The summed E-state index contributed by atoms with van der Waals surface area (Å²) in [6, 6.07) is 2.99. The Balaban J connectivity index is 3.32. The van der Waals surface area contributed by atoms with Crippen molar-refractivity contribution in [3.05, 3.63) is 17.7 Å². The summed E-state index contributed by atoms with van der Waals surface area (Å²) < 4.78 is 27.9. The van der Waals surface area contributed by atoms with Gasteiger partial charge in [0.05, 0.1) is 17.2 Å². The third-order valence-electron chi connectivity index (χ3n) is 1.99. The highest BCUT2D eigenvalue weighted by Crippen LogP contribution is 2.29. The Morgan fingerprint density at radius 1 is 1.40 bits per heavy atom. The molecule has 4 nitrogen and oxygen atoms in total. The number of benzene rings is 1. The van der Waals surface area contributed by atoms with E-state index in [0.29, 0.717) is 18.0 Å². The van der Waals surface area contributed by atoms with Gasteiger partial charge >= 0.3 is 0 Å². The summed E-state index contributed by atoms with van der Waals surface area (Å²) in [6.07, 6.45) is 1.15. The van der Waals surface area contributed by atoms with Crippen LogP contribution in [0.1, 0.15) is 12.5 Å². The zero-order valence-corrected chi connectivity index (χ0v) is 9.89. The summed E-state index contributed by atoms with van der Waals surface area (Å²) >= 11 is 0. The molecule has 0 atom stereocenters. The van der Waals surface area contributed by atoms with Crippen molar-refractivity contribution in [2.75, 3.05) is 18.6 Å². The summed E-state index contributed by atoms with van der Waals surface area (Å²) in [5, 5.41) is 0. The van der Waals surface area contributed by atoms with Crippen molar-refractivity contribution in [2.24, 2.45) is 0 Å². The molecule has 84 valence electrons. The zero-order valence-electron chi connectivity index (χ0n) is 9.07. The molecule has 2 N–H and O–H groups in total. The van der Waals surface area contributed by atoms with Crippen LogP contribution in [-0.2, 0) is 9.84 Å². The minimum absolute atomic E-state index is 0.223. The van der Waals surface area contributed by atoms with Crippen LogP contribution in [0.25, 0.3) is 0 Å². The second-order valence-electron chi connectivity index (χ2n) is 3.36. The highest BCUT2D eigenvalue weighted by atomic mass is 32.2. The van der Waals surface area contributed by atoms with Crippen LogP contribution in [0.3, 0.4) is 0 Å². The zero-order chi connectivity index (χ0) is 11.6. The second kappa shape index (κ2) is 4.10. The molecule has 0 bridgehead atoms. The molecule has 0 aromatic heterocycles. The fraction of sp³-hybridized carbons (Fsp3) is 0.400. The monoisotopic (exact) mass is 229 g/mol. The van der Waals surface area contributed by atoms with E-state index in [1.807, 2.05) is 6.92 Å². The molecule has 0 unspecified atom stereocenters. The lowest BCUT2D eigenvalue weighted by molar-refractivity contribution is 0.339. The predicted molar refractivity (Wildman–Crippen MR) is 59.9 cm³/mol. The van der Waals surface area contributed by atoms with Crippen LogP contribution in [0.2, 0.25) is 0 Å². The topological polar surface area (TPSA) is 69.4 Å². The van der Waals surface area contributed by atoms with Crippen LogP contribution in [-0.4, -0.2) is 21.3 Å². The number of hydrogen-bond acceptors (Lipinski definition) is 4. The summed E-state index contributed by atoms with van der Waals surface area (Å²) in [6.45, 7) is 4.13. The van der Waals surface area contributed by atoms with E-state index in [2.05, 4.69) is 0 Å². The van der Waals surface area contributed by atoms with Gasteiger partial charge in [0, 0.05) is 6.26 Å². The van der Waals surface area contributed by atoms with Crippen LogP contribution in [0.15, 0.2) is 17.0 Å². The van der Waals surface area contributed by atoms with Gasteiger partial charge in [-0.25, -0.2) is 8.42 Å². The molecular weight excluding hydrogens is 214 g/mol. The third kappa shape index (κ3) is 2.62. The van der Waals surface area contributed by atoms with Gasteiger partial charge in [0.1, 0.15) is 5.75 Å². The second-order valence-corrected chi connectivity index (χ2v) is 5.38. The van der Waals surface area contributed by atoms with Gasteiger partial charge in [0.2, 0.25) is 0 Å². The molecule has 0 amide bonds. The van der Waals surface area contributed by atoms with E-state index in [-0.39, 0.29) is 4.90 Å². The van der Waals surface area contributed by atoms with Crippen molar-refractivity contribution in [1.29, 1.82) is 0 Å². The number of nitrogen functional groups attached to an aromatic ring is 1. The number of nitrogens with two attached hydrogens (primary N) is 1. The molecule has 5 heteroatoms. The molecule has 0 saturated carbocycles. The fourth-order valence-electron chi connectivity index (χ4n) is 1.32. The molecule has 0 saturated heterocycles. The number of anilines is 1. The number of aryl methyl sites for hydroxylation is 1. The van der Waals surface area contributed by atoms with Crippen molar-refractivity contribution in [2.45, 2.75) is 18.7 Å². The van der Waals surface area contributed by atoms with Crippen LogP contribution in [0.5, 0.6) is 5.75 Å². The number of ether oxygens (including phenoxy) is 1. The summed E-state index contributed by atoms with van der Waals surface area (Å²) in [4.78, 5) is 0.223. The number of rotatable bonds is 3. The van der Waals surface area contributed by atoms with E-state index >= 15 is 0 Å². The van der Waals surface area contributed by atoms with Gasteiger partial charge in [-0.1, -0.05) is 0 Å². The minimum atomic E-state index is -3.22. The van der Waals surface area contributed by atoms with Gasteiger partial charge < -0.3 is 10.5 Å². The summed E-state index contributed by atoms with van der Waals surface area (Å²) in [7, 11) is -3.22. The Morgan fingerprint density at radius 2 is 2.00 bits per heavy atom. The largest absolute Gasteiger partial charge is 0.491 e. The van der Waals surface area contributed by atoms with Gasteiger partial charge in [0.15, 0.2) is 9.84 Å². The molecule has 1 rings (SSSR count). The standard InChI is InChI=1S/C10H15NO3S/c1-4-14-10-7(2)5-8(6-9(10)11)15(3,12)13/h5-6H,4,11H2,1-3H3. The first kappa shape index (κ1) is 11.8. The highest BCUT2D eigenvalue weighted by molar-refractivity contribution is 7.90. The van der Waals surface area contributed by atoms with E-state index in [4.69, 9.17) is 10.5 Å². The van der Waals surface area contributed by atoms with E-state index < -0.39 is 9.84 Å². The maximum absolute atomic E-state index is 11.3. The van der Waals surface area contributed by atoms with Gasteiger partial charge in [0.25, 0.3) is 0 Å². The Morgan fingerprint density at radius 3 is 2.40 bits per heavy atom. The van der Waals surface area contributed by atoms with E-state index in [1.54, 1.807) is 13.0 Å². The third-order valence-corrected chi connectivity index (χ3v) is 3.09. The lowest BCUT2D eigenvalue weighted by Crippen LogP contribution is -2.03. The lowest BCUT2D eigenvalue weighted by Gasteiger charge is -2.11. The first-order valence-electron chi connectivity index (χ1n) is 4.59. The normalized spacial score (nSPS) is 11.4. The molecular formula is C10H15NO3S. The summed E-state index contributed by atoms with van der Waals surface area (Å²) in [5.74, 6) is 0.560. The molecule has 0 spiro atoms. The summed E-state index contributed by atoms with van der Waals surface area (Å²) in [5.41, 5.74) is 6.81. The van der Waals surface area contributed by atoms with Crippen molar-refractivity contribution in [3.63, 3.8) is 0 Å². The maximum atomic E-state index is 11.3. The van der Waals surface area contributed by atoms with Crippen molar-refractivity contribution in [1.82, 2.24) is 0 Å². The molecule has 15 heavy (non-hydrogen) atoms. The first-order valence-corrected chi connectivity index (χ1v) is 6.48. The van der Waals surface area contributed by atoms with Crippen LogP contribution >= 0.6 is 0 Å². The SMILES string of the molecule is CCOc1c(C)cc(S(C)(=O)=O)cc1N. The highest BCUT2D eigenvalue weighted by Gasteiger charge is 2.12. The Kier molecular flexibility index (Phi) is 3.24. The van der Waals surface area contributed by atoms with E-state index in [1.165, 1.54) is 6.07 Å². The molecule has 0 aliphatic heterocycles. The van der Waals surface area contributed by atoms with Crippen LogP contribution in [0.4, 0.5) is 5.69 Å². The number of hydrogen-bond donors (Lipinski definition) is 1. The molecule has 0 aliphatic carbocycles. The maximum Gasteiger partial charge on any atom is 0.175 e. The fourth-order valence-corrected chi connectivity index (χ4v) is 2.05. The van der Waals surface area contributed by atoms with Crippen molar-refractivity contribution < 1.29 is 13.2 Å². The molecule has 0 heterocycles. The molecule has 1 aromatic rings. The Hall–Kier alpha value is -1.23. The molecule has 1 aromatic carbocycles. The van der Waals surface area contributed by atoms with E-state index in [0.717, 1.165) is 11.8 Å². The smallest absolute Gasteiger partial charge is 0.175 e. The minimum Gasteiger partial charge on any atom is -0.491 e. The first-order chi connectivity index (χ1) is 6.86. The van der Waals surface area contributed by atoms with Gasteiger partial charge in [-0.2, -0.15) is 0 Å².